The lowest BCUT2D eigenvalue weighted by Gasteiger charge is -2.30. The second kappa shape index (κ2) is 17.9. The van der Waals surface area contributed by atoms with Gasteiger partial charge < -0.3 is 20.0 Å². The summed E-state index contributed by atoms with van der Waals surface area (Å²) in [5.74, 6) is -1.65. The van der Waals surface area contributed by atoms with Gasteiger partial charge >= 0.3 is 11.9 Å². The van der Waals surface area contributed by atoms with Gasteiger partial charge in [0.25, 0.3) is 8.48 Å². The van der Waals surface area contributed by atoms with Gasteiger partial charge in [0, 0.05) is 6.61 Å². The smallest absolute Gasteiger partial charge is 0.335 e. The first-order chi connectivity index (χ1) is 17.3. The highest BCUT2D eigenvalue weighted by Gasteiger charge is 2.31. The molecule has 1 saturated heterocycles. The molecule has 1 aliphatic heterocycles. The van der Waals surface area contributed by atoms with Crippen molar-refractivity contribution in [2.45, 2.75) is 90.6 Å². The number of benzene rings is 2. The number of nitrogens with two attached hydrogens (primary N) is 1. The van der Waals surface area contributed by atoms with Crippen molar-refractivity contribution in [3.05, 3.63) is 70.8 Å². The number of aryl methyl sites for hydroxylation is 2. The summed E-state index contributed by atoms with van der Waals surface area (Å²) in [7, 11) is -1.64. The van der Waals surface area contributed by atoms with E-state index in [1.807, 2.05) is 24.3 Å². The molecular weight excluding hydrogens is 470 g/mol. The molecule has 1 fully saturated rings. The van der Waals surface area contributed by atoms with Crippen LogP contribution in [0.4, 0.5) is 0 Å². The van der Waals surface area contributed by atoms with Crippen LogP contribution in [0.5, 0.6) is 0 Å². The van der Waals surface area contributed by atoms with E-state index >= 15 is 0 Å². The van der Waals surface area contributed by atoms with Gasteiger partial charge in [-0.1, -0.05) is 82.9 Å². The molecule has 0 aliphatic carbocycles. The number of unbranched alkanes of at least 4 members (excludes halogenated alkanes) is 2. The number of hydrogen-bond acceptors (Lipinski definition) is 4. The maximum absolute atomic E-state index is 10.8. The van der Waals surface area contributed by atoms with Gasteiger partial charge in [0.1, 0.15) is 0 Å². The quantitative estimate of drug-likeness (QED) is 0.292. The highest BCUT2D eigenvalue weighted by Crippen LogP contribution is 2.21. The predicted octanol–water partition coefficient (Wildman–Crippen LogP) is 7.06. The van der Waals surface area contributed by atoms with Crippen LogP contribution in [0.1, 0.15) is 97.6 Å². The van der Waals surface area contributed by atoms with Gasteiger partial charge in [0.15, 0.2) is 0 Å². The Kier molecular flexibility index (Phi) is 15.7. The standard InChI is InChI=1S/2C11H14O2.C7H17NOSi/c2*1-2-3-6-9-7-4-5-8-10(9)11(12)13;1-2-6-10(8)7-4-3-5-9-10/h2*4-5,7-8H,2-3,6H2,1H3,(H,12,13);2-8H2,1H3. The average molecular weight is 516 g/mol. The van der Waals surface area contributed by atoms with Gasteiger partial charge in [-0.2, -0.15) is 0 Å². The minimum atomic E-state index is -1.64. The average Bonchev–Trinajstić information content (AvgIpc) is 2.87. The maximum atomic E-state index is 10.8. The van der Waals surface area contributed by atoms with Crippen LogP contribution < -0.4 is 5.40 Å². The van der Waals surface area contributed by atoms with E-state index < -0.39 is 20.4 Å². The van der Waals surface area contributed by atoms with Crippen LogP contribution in [0.25, 0.3) is 0 Å². The number of rotatable bonds is 10. The zero-order valence-corrected chi connectivity index (χ0v) is 23.3. The summed E-state index contributed by atoms with van der Waals surface area (Å²) in [6.07, 6.45) is 9.69. The highest BCUT2D eigenvalue weighted by molar-refractivity contribution is 6.70. The topological polar surface area (TPSA) is 110 Å². The Balaban J connectivity index is 0.000000273. The Labute approximate surface area is 218 Å². The Morgan fingerprint density at radius 1 is 0.806 bits per heavy atom. The van der Waals surface area contributed by atoms with Crippen LogP contribution >= 0.6 is 0 Å². The Hall–Kier alpha value is -2.48. The van der Waals surface area contributed by atoms with Gasteiger partial charge in [0.2, 0.25) is 0 Å². The summed E-state index contributed by atoms with van der Waals surface area (Å²) in [4.78, 5) is 21.6. The minimum Gasteiger partial charge on any atom is -0.478 e. The van der Waals surface area contributed by atoms with Crippen LogP contribution in [0.2, 0.25) is 12.1 Å². The summed E-state index contributed by atoms with van der Waals surface area (Å²) in [6, 6.07) is 16.7. The zero-order valence-electron chi connectivity index (χ0n) is 22.3. The van der Waals surface area contributed by atoms with Crippen LogP contribution in [0.15, 0.2) is 48.5 Å². The van der Waals surface area contributed by atoms with E-state index in [0.29, 0.717) is 11.1 Å². The first-order valence-electron chi connectivity index (χ1n) is 13.3. The number of aromatic carboxylic acids is 2. The lowest BCUT2D eigenvalue weighted by molar-refractivity contribution is 0.0684. The third kappa shape index (κ3) is 12.0. The highest BCUT2D eigenvalue weighted by atomic mass is 28.4. The van der Waals surface area contributed by atoms with Gasteiger partial charge in [-0.05, 0) is 67.5 Å². The van der Waals surface area contributed by atoms with E-state index in [1.165, 1.54) is 25.3 Å². The normalized spacial score (nSPS) is 16.7. The predicted molar refractivity (Wildman–Crippen MR) is 149 cm³/mol. The third-order valence-corrected chi connectivity index (χ3v) is 9.48. The Morgan fingerprint density at radius 2 is 1.28 bits per heavy atom. The molecule has 0 amide bonds. The van der Waals surface area contributed by atoms with Crippen LogP contribution in [-0.2, 0) is 17.3 Å². The number of hydrogen-bond donors (Lipinski definition) is 3. The molecule has 2 aromatic rings. The Morgan fingerprint density at radius 3 is 1.64 bits per heavy atom. The first kappa shape index (κ1) is 31.5. The number of carboxylic acid groups (broad SMARTS) is 2. The SMILES string of the molecule is CCCCc1ccccc1C(=O)O.CCCCc1ccccc1C(=O)O.CCC[Si]1(N)CCCCO1. The van der Waals surface area contributed by atoms with Crippen molar-refractivity contribution < 1.29 is 24.2 Å². The second-order valence-corrected chi connectivity index (χ2v) is 12.7. The van der Waals surface area contributed by atoms with E-state index in [9.17, 15) is 9.59 Å². The number of carboxylic acids is 2. The van der Waals surface area contributed by atoms with Crippen molar-refractivity contribution >= 4 is 20.4 Å². The summed E-state index contributed by atoms with van der Waals surface area (Å²) < 4.78 is 5.62. The summed E-state index contributed by atoms with van der Waals surface area (Å²) in [5, 5.41) is 23.8. The molecule has 36 heavy (non-hydrogen) atoms. The molecule has 1 aliphatic rings. The van der Waals surface area contributed by atoms with Gasteiger partial charge in [-0.25, -0.2) is 9.59 Å². The van der Waals surface area contributed by atoms with Crippen molar-refractivity contribution in [1.82, 2.24) is 0 Å². The molecule has 0 aromatic heterocycles. The molecule has 7 heteroatoms. The van der Waals surface area contributed by atoms with Gasteiger partial charge in [0.05, 0.1) is 11.1 Å². The van der Waals surface area contributed by atoms with Gasteiger partial charge in [-0.15, -0.1) is 0 Å². The van der Waals surface area contributed by atoms with Crippen molar-refractivity contribution in [1.29, 1.82) is 0 Å². The summed E-state index contributed by atoms with van der Waals surface area (Å²) >= 11 is 0. The van der Waals surface area contributed by atoms with Crippen molar-refractivity contribution in [3.8, 4) is 0 Å². The molecule has 0 saturated carbocycles. The molecule has 1 heterocycles. The molecule has 4 N–H and O–H groups in total. The molecule has 0 radical (unpaired) electrons. The van der Waals surface area contributed by atoms with Crippen LogP contribution in [-0.4, -0.2) is 37.2 Å². The monoisotopic (exact) mass is 515 g/mol. The van der Waals surface area contributed by atoms with E-state index in [4.69, 9.17) is 20.0 Å². The Bertz CT molecular complexity index is 845. The van der Waals surface area contributed by atoms with Crippen molar-refractivity contribution in [2.24, 2.45) is 5.40 Å². The molecule has 0 spiro atoms. The van der Waals surface area contributed by atoms with E-state index in [1.54, 1.807) is 24.3 Å². The third-order valence-electron chi connectivity index (χ3n) is 6.15. The van der Waals surface area contributed by atoms with E-state index in [2.05, 4.69) is 20.8 Å². The lowest BCUT2D eigenvalue weighted by Crippen LogP contribution is -2.50. The largest absolute Gasteiger partial charge is 0.478 e. The van der Waals surface area contributed by atoms with Crippen molar-refractivity contribution in [3.63, 3.8) is 0 Å². The first-order valence-corrected chi connectivity index (χ1v) is 15.7. The van der Waals surface area contributed by atoms with E-state index in [0.717, 1.165) is 62.3 Å². The zero-order chi connectivity index (χ0) is 26.8. The molecule has 1 unspecified atom stereocenters. The van der Waals surface area contributed by atoms with Gasteiger partial charge in [-0.3, -0.25) is 0 Å². The van der Waals surface area contributed by atoms with Crippen molar-refractivity contribution in [2.75, 3.05) is 6.61 Å². The van der Waals surface area contributed by atoms with Crippen LogP contribution in [0.3, 0.4) is 0 Å². The van der Waals surface area contributed by atoms with E-state index in [-0.39, 0.29) is 0 Å². The summed E-state index contributed by atoms with van der Waals surface area (Å²) in [6.45, 7) is 7.30. The maximum Gasteiger partial charge on any atom is 0.335 e. The molecule has 3 rings (SSSR count). The fraction of sp³-hybridized carbons (Fsp3) is 0.517. The summed E-state index contributed by atoms with van der Waals surface area (Å²) in [5.41, 5.74) is 2.76. The fourth-order valence-electron chi connectivity index (χ4n) is 4.12. The molecule has 200 valence electrons. The molecule has 2 aromatic carbocycles. The minimum absolute atomic E-state index is 0.441. The lowest BCUT2D eigenvalue weighted by atomic mass is 10.0. The number of carbonyl (C=O) groups is 2. The fourth-order valence-corrected chi connectivity index (χ4v) is 6.91. The molecular formula is C29H45NO5Si. The van der Waals surface area contributed by atoms with Crippen LogP contribution in [0, 0.1) is 0 Å². The molecule has 1 atom stereocenters. The molecule has 0 bridgehead atoms. The second-order valence-electron chi connectivity index (χ2n) is 9.25. The molecule has 6 nitrogen and oxygen atoms in total.